The zero-order valence-electron chi connectivity index (χ0n) is 20.4. The van der Waals surface area contributed by atoms with Crippen LogP contribution in [-0.4, -0.2) is 78.1 Å². The van der Waals surface area contributed by atoms with Crippen molar-refractivity contribution >= 4 is 52.0 Å². The van der Waals surface area contributed by atoms with E-state index in [0.29, 0.717) is 33.9 Å². The summed E-state index contributed by atoms with van der Waals surface area (Å²) in [6.45, 7) is 0. The fourth-order valence-corrected chi connectivity index (χ4v) is 5.38. The molecule has 1 N–H and O–H groups in total. The lowest BCUT2D eigenvalue weighted by Gasteiger charge is -2.28. The molecule has 1 aromatic rings. The van der Waals surface area contributed by atoms with Crippen molar-refractivity contribution in [3.05, 3.63) is 18.2 Å². The van der Waals surface area contributed by atoms with Gasteiger partial charge in [-0.1, -0.05) is 36.0 Å². The highest BCUT2D eigenvalue weighted by Gasteiger charge is 2.49. The number of amides is 4. The first-order chi connectivity index (χ1) is 16.8. The Labute approximate surface area is 208 Å². The predicted molar refractivity (Wildman–Crippen MR) is 135 cm³/mol. The third-order valence-corrected chi connectivity index (χ3v) is 7.47. The molecule has 1 fully saturated rings. The number of ether oxygens (including phenoxy) is 2. The number of hydrogen-bond acceptors (Lipinski definition) is 8. The largest absolute Gasteiger partial charge is 0.493 e. The maximum Gasteiger partial charge on any atom is 0.445 e. The summed E-state index contributed by atoms with van der Waals surface area (Å²) < 4.78 is 11.9. The summed E-state index contributed by atoms with van der Waals surface area (Å²) in [5, 5.41) is 3.34. The van der Waals surface area contributed by atoms with E-state index in [2.05, 4.69) is 10.3 Å². The minimum atomic E-state index is -0.797. The molecule has 4 rings (SSSR count). The molecule has 2 heterocycles. The summed E-state index contributed by atoms with van der Waals surface area (Å²) in [4.78, 5) is 48.9. The average molecular weight is 501 g/mol. The SMILES string of the molecule is COc1ccc(NC(=O)CSC2=NC(C3CCCCC3)=NC3=[N+](C)C(=O)N(C)C(=O)C23)cc1OC. The first-order valence-corrected chi connectivity index (χ1v) is 12.6. The Hall–Kier alpha value is -3.21. The lowest BCUT2D eigenvalue weighted by atomic mass is 9.88. The summed E-state index contributed by atoms with van der Waals surface area (Å²) in [5.74, 6) is 0.894. The number of aliphatic imine (C=N–C) groups is 2. The molecule has 186 valence electrons. The molecule has 35 heavy (non-hydrogen) atoms. The molecule has 0 spiro atoms. The molecule has 1 saturated carbocycles. The Morgan fingerprint density at radius 2 is 1.86 bits per heavy atom. The van der Waals surface area contributed by atoms with Gasteiger partial charge in [0.15, 0.2) is 17.4 Å². The van der Waals surface area contributed by atoms with Crippen LogP contribution in [-0.2, 0) is 9.59 Å². The minimum absolute atomic E-state index is 0.0452. The van der Waals surface area contributed by atoms with Crippen molar-refractivity contribution in [2.45, 2.75) is 32.1 Å². The number of anilines is 1. The van der Waals surface area contributed by atoms with E-state index in [0.717, 1.165) is 30.6 Å². The van der Waals surface area contributed by atoms with Crippen LogP contribution in [0.4, 0.5) is 10.5 Å². The van der Waals surface area contributed by atoms with Gasteiger partial charge in [-0.15, -0.1) is 0 Å². The summed E-state index contributed by atoms with van der Waals surface area (Å²) >= 11 is 1.20. The standard InChI is InChI=1S/C24H29N5O5S/c1-28-21-19(23(31)29(2)24(28)32)22(27-20(26-21)14-8-6-5-7-9-14)35-13-18(30)25-15-10-11-16(33-3)17(12-15)34-4/h10-12,14,19H,5-9,13H2,1-4H3/p+1. The van der Waals surface area contributed by atoms with Crippen LogP contribution >= 0.6 is 11.8 Å². The van der Waals surface area contributed by atoms with Gasteiger partial charge in [-0.05, 0) is 25.0 Å². The highest BCUT2D eigenvalue weighted by atomic mass is 32.2. The molecule has 1 atom stereocenters. The number of thioether (sulfide) groups is 1. The van der Waals surface area contributed by atoms with E-state index >= 15 is 0 Å². The van der Waals surface area contributed by atoms with Gasteiger partial charge in [-0.25, -0.2) is 9.79 Å². The zero-order chi connectivity index (χ0) is 25.1. The third-order valence-electron chi connectivity index (χ3n) is 6.44. The van der Waals surface area contributed by atoms with Crippen molar-refractivity contribution in [1.82, 2.24) is 4.90 Å². The maximum absolute atomic E-state index is 13.0. The lowest BCUT2D eigenvalue weighted by Crippen LogP contribution is -2.55. The first kappa shape index (κ1) is 24.9. The van der Waals surface area contributed by atoms with Gasteiger partial charge in [0.1, 0.15) is 5.04 Å². The fraction of sp³-hybridized carbons (Fsp3) is 0.500. The number of urea groups is 1. The van der Waals surface area contributed by atoms with Crippen LogP contribution in [0.2, 0.25) is 0 Å². The van der Waals surface area contributed by atoms with Crippen molar-refractivity contribution < 1.29 is 28.4 Å². The molecule has 1 unspecified atom stereocenters. The molecule has 4 amide bonds. The maximum atomic E-state index is 13.0. The number of carbonyl (C=O) groups is 3. The zero-order valence-corrected chi connectivity index (χ0v) is 21.2. The van der Waals surface area contributed by atoms with Crippen molar-refractivity contribution in [3.8, 4) is 11.5 Å². The normalized spacial score (nSPS) is 20.8. The monoisotopic (exact) mass is 500 g/mol. The van der Waals surface area contributed by atoms with Gasteiger partial charge in [-0.2, -0.15) is 9.48 Å². The van der Waals surface area contributed by atoms with Gasteiger partial charge in [0.05, 0.1) is 34.1 Å². The van der Waals surface area contributed by atoms with Crippen molar-refractivity contribution in [2.75, 3.05) is 39.4 Å². The second-order valence-electron chi connectivity index (χ2n) is 8.69. The van der Waals surface area contributed by atoms with Gasteiger partial charge in [0.25, 0.3) is 5.84 Å². The molecule has 0 saturated heterocycles. The first-order valence-electron chi connectivity index (χ1n) is 11.6. The van der Waals surface area contributed by atoms with Gasteiger partial charge in [0.2, 0.25) is 11.7 Å². The Bertz CT molecular complexity index is 1140. The lowest BCUT2D eigenvalue weighted by molar-refractivity contribution is -0.407. The topological polar surface area (TPSA) is 113 Å². The molecule has 11 heteroatoms. The smallest absolute Gasteiger partial charge is 0.445 e. The Morgan fingerprint density at radius 1 is 1.14 bits per heavy atom. The number of carbonyl (C=O) groups excluding carboxylic acids is 3. The fourth-order valence-electron chi connectivity index (χ4n) is 4.50. The quantitative estimate of drug-likeness (QED) is 0.601. The van der Waals surface area contributed by atoms with Crippen LogP contribution in [0.25, 0.3) is 0 Å². The second kappa shape index (κ2) is 10.6. The number of amidine groups is 2. The molecule has 1 aromatic carbocycles. The van der Waals surface area contributed by atoms with E-state index < -0.39 is 11.9 Å². The van der Waals surface area contributed by atoms with E-state index in [1.54, 1.807) is 32.4 Å². The molecular weight excluding hydrogens is 470 g/mol. The van der Waals surface area contributed by atoms with E-state index in [-0.39, 0.29) is 23.5 Å². The molecule has 3 aliphatic rings. The Balaban J connectivity index is 1.55. The van der Waals surface area contributed by atoms with Gasteiger partial charge in [-0.3, -0.25) is 9.59 Å². The van der Waals surface area contributed by atoms with Crippen molar-refractivity contribution in [2.24, 2.45) is 21.8 Å². The van der Waals surface area contributed by atoms with E-state index in [1.807, 2.05) is 0 Å². The number of methoxy groups -OCH3 is 2. The number of rotatable bonds is 6. The van der Waals surface area contributed by atoms with Crippen LogP contribution in [0.1, 0.15) is 32.1 Å². The number of nitrogens with zero attached hydrogens (tertiary/aromatic N) is 4. The van der Waals surface area contributed by atoms with Crippen LogP contribution in [0.5, 0.6) is 11.5 Å². The number of benzene rings is 1. The molecule has 10 nitrogen and oxygen atoms in total. The Kier molecular flexibility index (Phi) is 7.54. The number of fused-ring (bicyclic) bond motifs is 1. The van der Waals surface area contributed by atoms with Crippen molar-refractivity contribution in [1.29, 1.82) is 0 Å². The van der Waals surface area contributed by atoms with E-state index in [4.69, 9.17) is 14.5 Å². The highest BCUT2D eigenvalue weighted by molar-refractivity contribution is 8.14. The molecule has 0 radical (unpaired) electrons. The van der Waals surface area contributed by atoms with Crippen molar-refractivity contribution in [3.63, 3.8) is 0 Å². The molecule has 1 aliphatic carbocycles. The number of hydrogen-bond donors (Lipinski definition) is 1. The third kappa shape index (κ3) is 5.09. The Morgan fingerprint density at radius 3 is 2.54 bits per heavy atom. The summed E-state index contributed by atoms with van der Waals surface area (Å²) in [6, 6.07) is 4.69. The van der Waals surface area contributed by atoms with Crippen LogP contribution < -0.4 is 14.8 Å². The molecule has 2 aliphatic heterocycles. The van der Waals surface area contributed by atoms with E-state index in [1.165, 1.54) is 36.9 Å². The predicted octanol–water partition coefficient (Wildman–Crippen LogP) is 3.02. The van der Waals surface area contributed by atoms with Gasteiger partial charge in [0, 0.05) is 17.7 Å². The number of imide groups is 1. The molecule has 0 bridgehead atoms. The minimum Gasteiger partial charge on any atom is -0.493 e. The van der Waals surface area contributed by atoms with Crippen LogP contribution in [0.3, 0.4) is 0 Å². The van der Waals surface area contributed by atoms with Gasteiger partial charge < -0.3 is 14.8 Å². The second-order valence-corrected chi connectivity index (χ2v) is 9.69. The van der Waals surface area contributed by atoms with Gasteiger partial charge >= 0.3 is 11.9 Å². The molecular formula is C24H30N5O5S+. The van der Waals surface area contributed by atoms with Crippen LogP contribution in [0.15, 0.2) is 28.2 Å². The number of nitrogens with one attached hydrogen (secondary N) is 1. The average Bonchev–Trinajstić information content (AvgIpc) is 2.89. The van der Waals surface area contributed by atoms with E-state index in [9.17, 15) is 14.4 Å². The van der Waals surface area contributed by atoms with Crippen LogP contribution in [0, 0.1) is 11.8 Å². The summed E-state index contributed by atoms with van der Waals surface area (Å²) in [7, 11) is 6.14. The highest BCUT2D eigenvalue weighted by Crippen LogP contribution is 2.32. The summed E-state index contributed by atoms with van der Waals surface area (Å²) in [5.41, 5.74) is 0.564. The molecule has 0 aromatic heterocycles. The summed E-state index contributed by atoms with van der Waals surface area (Å²) in [6.07, 6.45) is 5.34.